The number of likely N-dealkylation sites (N-methyl/N-ethyl adjacent to an activating group) is 1. The van der Waals surface area contributed by atoms with Crippen LogP contribution in [0, 0.1) is 5.41 Å². The maximum atomic E-state index is 11.1. The summed E-state index contributed by atoms with van der Waals surface area (Å²) in [7, 11) is 0. The van der Waals surface area contributed by atoms with Crippen molar-refractivity contribution in [2.75, 3.05) is 26.2 Å². The highest BCUT2D eigenvalue weighted by Gasteiger charge is 2.16. The summed E-state index contributed by atoms with van der Waals surface area (Å²) in [5, 5.41) is 14.6. The maximum absolute atomic E-state index is 11.1. The normalized spacial score (nSPS) is 11.4. The molecule has 13 heavy (non-hydrogen) atoms. The Morgan fingerprint density at radius 3 is 2.54 bits per heavy atom. The van der Waals surface area contributed by atoms with Gasteiger partial charge in [-0.2, -0.15) is 0 Å². The van der Waals surface area contributed by atoms with Crippen molar-refractivity contribution in [1.82, 2.24) is 10.6 Å². The second-order valence-electron chi connectivity index (χ2n) is 3.88. The molecule has 4 nitrogen and oxygen atoms in total. The van der Waals surface area contributed by atoms with Gasteiger partial charge < -0.3 is 15.7 Å². The standard InChI is InChI=1S/C9H20N2O2/c1-4-10-5-8(13)11-6-9(2,3)7-12/h10,12H,4-7H2,1-3H3,(H,11,13). The van der Waals surface area contributed by atoms with Gasteiger partial charge in [0.1, 0.15) is 0 Å². The monoisotopic (exact) mass is 188 g/mol. The highest BCUT2D eigenvalue weighted by atomic mass is 16.3. The number of rotatable bonds is 6. The van der Waals surface area contributed by atoms with Crippen LogP contribution < -0.4 is 10.6 Å². The van der Waals surface area contributed by atoms with E-state index in [-0.39, 0.29) is 17.9 Å². The SMILES string of the molecule is CCNCC(=O)NCC(C)(C)CO. The second kappa shape index (κ2) is 5.94. The second-order valence-corrected chi connectivity index (χ2v) is 3.88. The lowest BCUT2D eigenvalue weighted by atomic mass is 9.95. The highest BCUT2D eigenvalue weighted by molar-refractivity contribution is 5.77. The van der Waals surface area contributed by atoms with E-state index in [0.717, 1.165) is 6.54 Å². The lowest BCUT2D eigenvalue weighted by Crippen LogP contribution is -2.40. The fourth-order valence-electron chi connectivity index (χ4n) is 0.695. The van der Waals surface area contributed by atoms with E-state index in [1.807, 2.05) is 20.8 Å². The zero-order valence-corrected chi connectivity index (χ0v) is 8.68. The number of nitrogens with one attached hydrogen (secondary N) is 2. The average Bonchev–Trinajstić information content (AvgIpc) is 2.11. The maximum Gasteiger partial charge on any atom is 0.233 e. The Balaban J connectivity index is 3.57. The number of carbonyl (C=O) groups is 1. The van der Waals surface area contributed by atoms with Crippen molar-refractivity contribution in [2.24, 2.45) is 5.41 Å². The lowest BCUT2D eigenvalue weighted by Gasteiger charge is -2.21. The van der Waals surface area contributed by atoms with Gasteiger partial charge in [0.05, 0.1) is 6.54 Å². The molecule has 0 aromatic rings. The molecule has 0 spiro atoms. The molecule has 0 rings (SSSR count). The lowest BCUT2D eigenvalue weighted by molar-refractivity contribution is -0.120. The van der Waals surface area contributed by atoms with Gasteiger partial charge in [0.2, 0.25) is 5.91 Å². The summed E-state index contributed by atoms with van der Waals surface area (Å²) in [6.45, 7) is 7.48. The Hall–Kier alpha value is -0.610. The van der Waals surface area contributed by atoms with Crippen LogP contribution in [0.5, 0.6) is 0 Å². The topological polar surface area (TPSA) is 61.4 Å². The van der Waals surface area contributed by atoms with Gasteiger partial charge in [-0.3, -0.25) is 4.79 Å². The Kier molecular flexibility index (Phi) is 5.66. The zero-order chi connectivity index (χ0) is 10.3. The van der Waals surface area contributed by atoms with E-state index in [4.69, 9.17) is 5.11 Å². The van der Waals surface area contributed by atoms with E-state index >= 15 is 0 Å². The van der Waals surface area contributed by atoms with Gasteiger partial charge in [-0.25, -0.2) is 0 Å². The van der Waals surface area contributed by atoms with E-state index in [2.05, 4.69) is 10.6 Å². The van der Waals surface area contributed by atoms with Crippen molar-refractivity contribution >= 4 is 5.91 Å². The third-order valence-corrected chi connectivity index (χ3v) is 1.73. The molecule has 0 aromatic heterocycles. The molecular weight excluding hydrogens is 168 g/mol. The number of aliphatic hydroxyl groups excluding tert-OH is 1. The molecule has 0 aromatic carbocycles. The zero-order valence-electron chi connectivity index (χ0n) is 8.68. The number of amides is 1. The molecule has 0 saturated heterocycles. The van der Waals surface area contributed by atoms with Crippen LogP contribution in [0.2, 0.25) is 0 Å². The number of carbonyl (C=O) groups excluding carboxylic acids is 1. The summed E-state index contributed by atoms with van der Waals surface area (Å²) >= 11 is 0. The molecule has 0 aliphatic rings. The summed E-state index contributed by atoms with van der Waals surface area (Å²) in [6, 6.07) is 0. The summed E-state index contributed by atoms with van der Waals surface area (Å²) in [5.41, 5.74) is -0.234. The molecule has 0 saturated carbocycles. The Bertz CT molecular complexity index is 158. The van der Waals surface area contributed by atoms with Crippen molar-refractivity contribution < 1.29 is 9.90 Å². The fraction of sp³-hybridized carbons (Fsp3) is 0.889. The van der Waals surface area contributed by atoms with Crippen LogP contribution in [0.3, 0.4) is 0 Å². The molecular formula is C9H20N2O2. The van der Waals surface area contributed by atoms with Crippen molar-refractivity contribution in [3.8, 4) is 0 Å². The van der Waals surface area contributed by atoms with Crippen LogP contribution in [0.15, 0.2) is 0 Å². The summed E-state index contributed by atoms with van der Waals surface area (Å²) in [4.78, 5) is 11.1. The first-order chi connectivity index (χ1) is 6.02. The molecule has 4 heteroatoms. The van der Waals surface area contributed by atoms with Crippen LogP contribution >= 0.6 is 0 Å². The minimum Gasteiger partial charge on any atom is -0.396 e. The molecule has 0 radical (unpaired) electrons. The minimum atomic E-state index is -0.234. The van der Waals surface area contributed by atoms with Crippen molar-refractivity contribution in [1.29, 1.82) is 0 Å². The molecule has 0 aliphatic carbocycles. The summed E-state index contributed by atoms with van der Waals surface area (Å²) < 4.78 is 0. The fourth-order valence-corrected chi connectivity index (χ4v) is 0.695. The van der Waals surface area contributed by atoms with E-state index < -0.39 is 0 Å². The molecule has 3 N–H and O–H groups in total. The van der Waals surface area contributed by atoms with Gasteiger partial charge in [0.25, 0.3) is 0 Å². The Morgan fingerprint density at radius 1 is 1.46 bits per heavy atom. The van der Waals surface area contributed by atoms with Crippen LogP contribution in [0.25, 0.3) is 0 Å². The molecule has 0 heterocycles. The molecule has 0 aliphatic heterocycles. The van der Waals surface area contributed by atoms with Crippen molar-refractivity contribution in [3.63, 3.8) is 0 Å². The number of hydrogen-bond acceptors (Lipinski definition) is 3. The first-order valence-corrected chi connectivity index (χ1v) is 4.60. The first-order valence-electron chi connectivity index (χ1n) is 4.60. The van der Waals surface area contributed by atoms with Gasteiger partial charge in [0, 0.05) is 18.6 Å². The molecule has 0 atom stereocenters. The summed E-state index contributed by atoms with van der Waals surface area (Å²) in [6.07, 6.45) is 0. The van der Waals surface area contributed by atoms with Crippen LogP contribution in [0.4, 0.5) is 0 Å². The van der Waals surface area contributed by atoms with E-state index in [9.17, 15) is 4.79 Å². The smallest absolute Gasteiger partial charge is 0.233 e. The first kappa shape index (κ1) is 12.4. The van der Waals surface area contributed by atoms with Gasteiger partial charge in [-0.1, -0.05) is 20.8 Å². The number of aliphatic hydroxyl groups is 1. The van der Waals surface area contributed by atoms with E-state index in [0.29, 0.717) is 13.1 Å². The summed E-state index contributed by atoms with van der Waals surface area (Å²) in [5.74, 6) is -0.0247. The third kappa shape index (κ3) is 6.54. The highest BCUT2D eigenvalue weighted by Crippen LogP contribution is 2.10. The van der Waals surface area contributed by atoms with Crippen LogP contribution in [-0.4, -0.2) is 37.3 Å². The van der Waals surface area contributed by atoms with Gasteiger partial charge >= 0.3 is 0 Å². The van der Waals surface area contributed by atoms with Gasteiger partial charge in [-0.15, -0.1) is 0 Å². The van der Waals surface area contributed by atoms with E-state index in [1.165, 1.54) is 0 Å². The molecule has 78 valence electrons. The molecule has 0 fully saturated rings. The van der Waals surface area contributed by atoms with Gasteiger partial charge in [0.15, 0.2) is 0 Å². The minimum absolute atomic E-state index is 0.0247. The van der Waals surface area contributed by atoms with Gasteiger partial charge in [-0.05, 0) is 6.54 Å². The molecule has 0 bridgehead atoms. The third-order valence-electron chi connectivity index (χ3n) is 1.73. The quantitative estimate of drug-likeness (QED) is 0.538. The Labute approximate surface area is 79.7 Å². The number of hydrogen-bond donors (Lipinski definition) is 3. The average molecular weight is 188 g/mol. The predicted octanol–water partition coefficient (Wildman–Crippen LogP) is -0.269. The predicted molar refractivity (Wildman–Crippen MR) is 52.4 cm³/mol. The van der Waals surface area contributed by atoms with Crippen LogP contribution in [0.1, 0.15) is 20.8 Å². The van der Waals surface area contributed by atoms with E-state index in [1.54, 1.807) is 0 Å². The van der Waals surface area contributed by atoms with Crippen molar-refractivity contribution in [3.05, 3.63) is 0 Å². The van der Waals surface area contributed by atoms with Crippen molar-refractivity contribution in [2.45, 2.75) is 20.8 Å². The Morgan fingerprint density at radius 2 is 2.08 bits per heavy atom. The molecule has 0 unspecified atom stereocenters. The molecule has 1 amide bonds. The largest absolute Gasteiger partial charge is 0.396 e. The van der Waals surface area contributed by atoms with Crippen LogP contribution in [-0.2, 0) is 4.79 Å².